The lowest BCUT2D eigenvalue weighted by molar-refractivity contribution is 0.174. The second-order valence-corrected chi connectivity index (χ2v) is 5.74. The highest BCUT2D eigenvalue weighted by atomic mass is 16.5. The molecule has 8 heteroatoms. The van der Waals surface area contributed by atoms with Crippen LogP contribution in [-0.4, -0.2) is 58.3 Å². The maximum Gasteiger partial charge on any atom is 0.240 e. The van der Waals surface area contributed by atoms with Gasteiger partial charge in [0.25, 0.3) is 0 Å². The lowest BCUT2D eigenvalue weighted by atomic mass is 10.3. The summed E-state index contributed by atoms with van der Waals surface area (Å²) in [5, 5.41) is 3.88. The van der Waals surface area contributed by atoms with Gasteiger partial charge in [-0.15, -0.1) is 0 Å². The van der Waals surface area contributed by atoms with Crippen LogP contribution in [0.2, 0.25) is 0 Å². The molecule has 1 aliphatic heterocycles. The van der Waals surface area contributed by atoms with Gasteiger partial charge in [-0.1, -0.05) is 5.16 Å². The summed E-state index contributed by atoms with van der Waals surface area (Å²) in [7, 11) is 1.62. The third kappa shape index (κ3) is 3.83. The summed E-state index contributed by atoms with van der Waals surface area (Å²) in [4.78, 5) is 17.8. The summed E-state index contributed by atoms with van der Waals surface area (Å²) in [6.07, 6.45) is 1.89. The fourth-order valence-electron chi connectivity index (χ4n) is 2.51. The van der Waals surface area contributed by atoms with Crippen molar-refractivity contribution in [3.8, 4) is 0 Å². The SMILES string of the molecule is COCc1noc(CN2CCN(c3ncc(C)c(C)n3)CC2)n1. The van der Waals surface area contributed by atoms with Crippen LogP contribution in [0.5, 0.6) is 0 Å². The van der Waals surface area contributed by atoms with Crippen LogP contribution < -0.4 is 4.90 Å². The van der Waals surface area contributed by atoms with Crippen molar-refractivity contribution in [3.05, 3.63) is 29.2 Å². The van der Waals surface area contributed by atoms with Crippen molar-refractivity contribution < 1.29 is 9.26 Å². The normalized spacial score (nSPS) is 16.0. The molecule has 0 saturated carbocycles. The van der Waals surface area contributed by atoms with Gasteiger partial charge < -0.3 is 14.2 Å². The van der Waals surface area contributed by atoms with E-state index in [2.05, 4.69) is 29.9 Å². The Hall–Kier alpha value is -2.06. The summed E-state index contributed by atoms with van der Waals surface area (Å²) < 4.78 is 10.2. The molecule has 8 nitrogen and oxygen atoms in total. The van der Waals surface area contributed by atoms with Gasteiger partial charge in [0.1, 0.15) is 6.61 Å². The molecular weight excluding hydrogens is 296 g/mol. The molecule has 0 spiro atoms. The molecule has 0 atom stereocenters. The minimum atomic E-state index is 0.376. The van der Waals surface area contributed by atoms with Crippen LogP contribution >= 0.6 is 0 Å². The van der Waals surface area contributed by atoms with Crippen molar-refractivity contribution in [1.29, 1.82) is 0 Å². The maximum absolute atomic E-state index is 5.24. The van der Waals surface area contributed by atoms with Gasteiger partial charge in [-0.2, -0.15) is 4.98 Å². The number of methoxy groups -OCH3 is 1. The van der Waals surface area contributed by atoms with Gasteiger partial charge in [0.2, 0.25) is 11.8 Å². The number of nitrogens with zero attached hydrogens (tertiary/aromatic N) is 6. The zero-order valence-corrected chi connectivity index (χ0v) is 13.8. The topological polar surface area (TPSA) is 80.4 Å². The number of rotatable bonds is 5. The van der Waals surface area contributed by atoms with E-state index in [1.54, 1.807) is 7.11 Å². The summed E-state index contributed by atoms with van der Waals surface area (Å²) in [6.45, 7) is 8.70. The van der Waals surface area contributed by atoms with E-state index in [0.29, 0.717) is 24.9 Å². The van der Waals surface area contributed by atoms with Crippen molar-refractivity contribution >= 4 is 5.95 Å². The fraction of sp³-hybridized carbons (Fsp3) is 0.600. The molecule has 1 saturated heterocycles. The van der Waals surface area contributed by atoms with Crippen LogP contribution in [0.1, 0.15) is 23.0 Å². The van der Waals surface area contributed by atoms with Crippen LogP contribution in [0.3, 0.4) is 0 Å². The van der Waals surface area contributed by atoms with E-state index >= 15 is 0 Å². The fourth-order valence-corrected chi connectivity index (χ4v) is 2.51. The second kappa shape index (κ2) is 7.01. The molecule has 0 bridgehead atoms. The van der Waals surface area contributed by atoms with Crippen molar-refractivity contribution in [3.63, 3.8) is 0 Å². The molecule has 0 unspecified atom stereocenters. The predicted molar refractivity (Wildman–Crippen MR) is 84.0 cm³/mol. The highest BCUT2D eigenvalue weighted by Gasteiger charge is 2.21. The molecule has 0 aromatic carbocycles. The molecule has 2 aromatic rings. The van der Waals surface area contributed by atoms with Gasteiger partial charge in [-0.3, -0.25) is 4.90 Å². The molecule has 0 amide bonds. The Balaban J connectivity index is 1.54. The summed E-state index contributed by atoms with van der Waals surface area (Å²) in [5.74, 6) is 2.03. The van der Waals surface area contributed by atoms with Crippen LogP contribution in [0.15, 0.2) is 10.7 Å². The van der Waals surface area contributed by atoms with E-state index in [9.17, 15) is 0 Å². The first-order chi connectivity index (χ1) is 11.2. The van der Waals surface area contributed by atoms with Crippen LogP contribution in [0.4, 0.5) is 5.95 Å². The first-order valence-electron chi connectivity index (χ1n) is 7.73. The van der Waals surface area contributed by atoms with E-state index in [1.165, 1.54) is 0 Å². The number of hydrogen-bond acceptors (Lipinski definition) is 8. The molecular formula is C15H22N6O2. The van der Waals surface area contributed by atoms with E-state index < -0.39 is 0 Å². The Kier molecular flexibility index (Phi) is 4.82. The van der Waals surface area contributed by atoms with Gasteiger partial charge in [-0.25, -0.2) is 9.97 Å². The van der Waals surface area contributed by atoms with Crippen LogP contribution in [-0.2, 0) is 17.9 Å². The largest absolute Gasteiger partial charge is 0.377 e. The third-order valence-electron chi connectivity index (χ3n) is 4.01. The van der Waals surface area contributed by atoms with E-state index in [-0.39, 0.29) is 0 Å². The molecule has 1 fully saturated rings. The molecule has 1 aliphatic rings. The summed E-state index contributed by atoms with van der Waals surface area (Å²) in [5.41, 5.74) is 2.16. The lowest BCUT2D eigenvalue weighted by Crippen LogP contribution is -2.46. The van der Waals surface area contributed by atoms with Gasteiger partial charge in [0.05, 0.1) is 6.54 Å². The van der Waals surface area contributed by atoms with Crippen LogP contribution in [0, 0.1) is 13.8 Å². The van der Waals surface area contributed by atoms with Crippen molar-refractivity contribution in [2.45, 2.75) is 27.0 Å². The number of aromatic nitrogens is 4. The molecule has 23 heavy (non-hydrogen) atoms. The minimum Gasteiger partial charge on any atom is -0.377 e. The molecule has 0 aliphatic carbocycles. The Morgan fingerprint density at radius 3 is 2.65 bits per heavy atom. The average Bonchev–Trinajstić information content (AvgIpc) is 2.98. The van der Waals surface area contributed by atoms with E-state index in [0.717, 1.165) is 43.4 Å². The quantitative estimate of drug-likeness (QED) is 0.806. The Morgan fingerprint density at radius 1 is 1.17 bits per heavy atom. The number of hydrogen-bond donors (Lipinski definition) is 0. The molecule has 0 N–H and O–H groups in total. The zero-order valence-electron chi connectivity index (χ0n) is 13.8. The summed E-state index contributed by atoms with van der Waals surface area (Å²) in [6, 6.07) is 0. The Bertz CT molecular complexity index is 651. The van der Waals surface area contributed by atoms with Gasteiger partial charge in [0, 0.05) is 45.2 Å². The molecule has 0 radical (unpaired) electrons. The van der Waals surface area contributed by atoms with Crippen LogP contribution in [0.25, 0.3) is 0 Å². The minimum absolute atomic E-state index is 0.376. The average molecular weight is 318 g/mol. The lowest BCUT2D eigenvalue weighted by Gasteiger charge is -2.34. The monoisotopic (exact) mass is 318 g/mol. The number of ether oxygens (including phenoxy) is 1. The van der Waals surface area contributed by atoms with Gasteiger partial charge in [0.15, 0.2) is 5.82 Å². The number of aryl methyl sites for hydroxylation is 2. The first kappa shape index (κ1) is 15.8. The van der Waals surface area contributed by atoms with Gasteiger partial charge >= 0.3 is 0 Å². The smallest absolute Gasteiger partial charge is 0.240 e. The second-order valence-electron chi connectivity index (χ2n) is 5.74. The van der Waals surface area contributed by atoms with Crippen molar-refractivity contribution in [2.24, 2.45) is 0 Å². The molecule has 2 aromatic heterocycles. The van der Waals surface area contributed by atoms with Crippen molar-refractivity contribution in [1.82, 2.24) is 25.0 Å². The number of piperazine rings is 1. The van der Waals surface area contributed by atoms with Crippen molar-refractivity contribution in [2.75, 3.05) is 38.2 Å². The standard InChI is InChI=1S/C15H22N6O2/c1-11-8-16-15(17-12(11)2)21-6-4-20(5-7-21)9-14-18-13(10-22-3)19-23-14/h8H,4-7,9-10H2,1-3H3. The highest BCUT2D eigenvalue weighted by Crippen LogP contribution is 2.14. The number of anilines is 1. The first-order valence-corrected chi connectivity index (χ1v) is 7.73. The molecule has 124 valence electrons. The Labute approximate surface area is 135 Å². The molecule has 3 heterocycles. The zero-order chi connectivity index (χ0) is 16.2. The Morgan fingerprint density at radius 2 is 1.96 bits per heavy atom. The van der Waals surface area contributed by atoms with E-state index in [1.807, 2.05) is 20.0 Å². The maximum atomic E-state index is 5.24. The van der Waals surface area contributed by atoms with E-state index in [4.69, 9.17) is 9.26 Å². The predicted octanol–water partition coefficient (Wildman–Crippen LogP) is 0.945. The third-order valence-corrected chi connectivity index (χ3v) is 4.01. The summed E-state index contributed by atoms with van der Waals surface area (Å²) >= 11 is 0. The molecule has 3 rings (SSSR count). The van der Waals surface area contributed by atoms with Gasteiger partial charge in [-0.05, 0) is 19.4 Å². The highest BCUT2D eigenvalue weighted by molar-refractivity contribution is 5.33.